The lowest BCUT2D eigenvalue weighted by Crippen LogP contribution is -1.90. The quantitative estimate of drug-likeness (QED) is 0.412. The highest BCUT2D eigenvalue weighted by Gasteiger charge is 2.58. The lowest BCUT2D eigenvalue weighted by atomic mass is 10.4. The summed E-state index contributed by atoms with van der Waals surface area (Å²) in [5, 5.41) is 0. The van der Waals surface area contributed by atoms with Crippen LogP contribution in [-0.2, 0) is 13.8 Å². The third-order valence-electron chi connectivity index (χ3n) is 1.98. The average molecular weight is 148 g/mol. The molecule has 0 aromatic heterocycles. The van der Waals surface area contributed by atoms with Gasteiger partial charge in [0.2, 0.25) is 7.37 Å². The standard InChI is InChI=1S/C5H9O3P/c1-7-9(6)3-2-4-5(9)8-4/h4-5H,2-3H2,1H3/t4-,5+,9?/m1/s1. The van der Waals surface area contributed by atoms with E-state index in [1.54, 1.807) is 0 Å². The normalized spacial score (nSPS) is 55.2. The Morgan fingerprint density at radius 2 is 2.56 bits per heavy atom. The van der Waals surface area contributed by atoms with Crippen molar-refractivity contribution in [1.29, 1.82) is 0 Å². The summed E-state index contributed by atoms with van der Waals surface area (Å²) in [7, 11) is -0.785. The molecule has 52 valence electrons. The van der Waals surface area contributed by atoms with Crippen LogP contribution in [0, 0.1) is 0 Å². The van der Waals surface area contributed by atoms with Crippen molar-refractivity contribution in [1.82, 2.24) is 0 Å². The van der Waals surface area contributed by atoms with Gasteiger partial charge in [0.05, 0.1) is 6.10 Å². The molecule has 4 heteroatoms. The number of epoxide rings is 1. The Morgan fingerprint density at radius 1 is 1.78 bits per heavy atom. The predicted molar refractivity (Wildman–Crippen MR) is 32.8 cm³/mol. The molecule has 0 amide bonds. The molecule has 3 atom stereocenters. The van der Waals surface area contributed by atoms with E-state index in [-0.39, 0.29) is 11.9 Å². The minimum Gasteiger partial charge on any atom is -0.359 e. The minimum absolute atomic E-state index is 0.0255. The van der Waals surface area contributed by atoms with Crippen molar-refractivity contribution < 1.29 is 13.8 Å². The van der Waals surface area contributed by atoms with Gasteiger partial charge in [0, 0.05) is 13.3 Å². The molecule has 0 N–H and O–H groups in total. The van der Waals surface area contributed by atoms with Gasteiger partial charge in [0.1, 0.15) is 0 Å². The largest absolute Gasteiger partial charge is 0.359 e. The summed E-state index contributed by atoms with van der Waals surface area (Å²) in [6, 6.07) is 0. The van der Waals surface area contributed by atoms with Crippen LogP contribution < -0.4 is 0 Å². The van der Waals surface area contributed by atoms with Crippen molar-refractivity contribution >= 4 is 7.37 Å². The van der Waals surface area contributed by atoms with Gasteiger partial charge in [-0.25, -0.2) is 0 Å². The molecule has 2 aliphatic rings. The van der Waals surface area contributed by atoms with Gasteiger partial charge < -0.3 is 9.26 Å². The summed E-state index contributed by atoms with van der Waals surface area (Å²) >= 11 is 0. The second kappa shape index (κ2) is 1.60. The monoisotopic (exact) mass is 148 g/mol. The highest BCUT2D eigenvalue weighted by atomic mass is 31.2. The summed E-state index contributed by atoms with van der Waals surface area (Å²) in [5.74, 6) is -0.0255. The Kier molecular flexibility index (Phi) is 1.05. The second-order valence-corrected chi connectivity index (χ2v) is 5.26. The van der Waals surface area contributed by atoms with Gasteiger partial charge >= 0.3 is 0 Å². The van der Waals surface area contributed by atoms with Crippen molar-refractivity contribution in [3.8, 4) is 0 Å². The van der Waals surface area contributed by atoms with Gasteiger partial charge in [-0.2, -0.15) is 0 Å². The van der Waals surface area contributed by atoms with Crippen LogP contribution >= 0.6 is 7.37 Å². The molecule has 0 aromatic carbocycles. The van der Waals surface area contributed by atoms with Gasteiger partial charge in [-0.05, 0) is 6.42 Å². The molecule has 3 nitrogen and oxygen atoms in total. The van der Waals surface area contributed by atoms with E-state index in [0.29, 0.717) is 0 Å². The van der Waals surface area contributed by atoms with Crippen LogP contribution in [0.3, 0.4) is 0 Å². The van der Waals surface area contributed by atoms with Crippen LogP contribution in [0.4, 0.5) is 0 Å². The van der Waals surface area contributed by atoms with E-state index in [1.165, 1.54) is 7.11 Å². The molecule has 0 bridgehead atoms. The van der Waals surface area contributed by atoms with Gasteiger partial charge in [-0.1, -0.05) is 0 Å². The van der Waals surface area contributed by atoms with Crippen LogP contribution in [0.1, 0.15) is 6.42 Å². The molecule has 2 aliphatic heterocycles. The lowest BCUT2D eigenvalue weighted by Gasteiger charge is -2.07. The zero-order valence-corrected chi connectivity index (χ0v) is 6.14. The molecule has 0 aliphatic carbocycles. The fourth-order valence-corrected chi connectivity index (χ4v) is 3.58. The smallest absolute Gasteiger partial charge is 0.233 e. The molecule has 9 heavy (non-hydrogen) atoms. The first-order valence-corrected chi connectivity index (χ1v) is 4.94. The molecule has 0 aromatic rings. The molecule has 2 heterocycles. The zero-order chi connectivity index (χ0) is 6.48. The van der Waals surface area contributed by atoms with Crippen molar-refractivity contribution in [2.75, 3.05) is 13.3 Å². The van der Waals surface area contributed by atoms with Gasteiger partial charge in [0.25, 0.3) is 0 Å². The SMILES string of the molecule is COP1(=O)CC[C@H]2O[C@H]21. The number of ether oxygens (including phenoxy) is 1. The first kappa shape index (κ1) is 5.90. The fraction of sp³-hybridized carbons (Fsp3) is 1.00. The Morgan fingerprint density at radius 3 is 2.78 bits per heavy atom. The molecule has 1 unspecified atom stereocenters. The van der Waals surface area contributed by atoms with Crippen molar-refractivity contribution in [2.24, 2.45) is 0 Å². The van der Waals surface area contributed by atoms with Crippen molar-refractivity contribution in [3.05, 3.63) is 0 Å². The van der Waals surface area contributed by atoms with Gasteiger partial charge in [-0.3, -0.25) is 4.57 Å². The van der Waals surface area contributed by atoms with E-state index in [0.717, 1.165) is 12.6 Å². The van der Waals surface area contributed by atoms with E-state index in [4.69, 9.17) is 9.26 Å². The van der Waals surface area contributed by atoms with Crippen LogP contribution in [0.2, 0.25) is 0 Å². The third-order valence-corrected chi connectivity index (χ3v) is 4.71. The molecular weight excluding hydrogens is 139 g/mol. The van der Waals surface area contributed by atoms with E-state index >= 15 is 0 Å². The summed E-state index contributed by atoms with van der Waals surface area (Å²) in [4.78, 5) is 0. The molecule has 0 radical (unpaired) electrons. The van der Waals surface area contributed by atoms with Crippen molar-refractivity contribution in [2.45, 2.75) is 18.4 Å². The molecule has 2 saturated heterocycles. The Balaban J connectivity index is 2.21. The first-order valence-electron chi connectivity index (χ1n) is 3.06. The van der Waals surface area contributed by atoms with E-state index in [1.807, 2.05) is 0 Å². The van der Waals surface area contributed by atoms with Crippen molar-refractivity contribution in [3.63, 3.8) is 0 Å². The van der Waals surface area contributed by atoms with E-state index < -0.39 is 7.37 Å². The van der Waals surface area contributed by atoms with Crippen LogP contribution in [0.25, 0.3) is 0 Å². The second-order valence-electron chi connectivity index (χ2n) is 2.49. The zero-order valence-electron chi connectivity index (χ0n) is 5.24. The average Bonchev–Trinajstić information content (AvgIpc) is 2.58. The number of hydrogen-bond acceptors (Lipinski definition) is 3. The van der Waals surface area contributed by atoms with Crippen LogP contribution in [0.5, 0.6) is 0 Å². The summed E-state index contributed by atoms with van der Waals surface area (Å²) < 4.78 is 21.4. The molecule has 2 rings (SSSR count). The maximum Gasteiger partial charge on any atom is 0.233 e. The van der Waals surface area contributed by atoms with Crippen LogP contribution in [-0.4, -0.2) is 25.2 Å². The predicted octanol–water partition coefficient (Wildman–Crippen LogP) is 1.04. The summed E-state index contributed by atoms with van der Waals surface area (Å²) in [5.41, 5.74) is 0. The lowest BCUT2D eigenvalue weighted by molar-refractivity contribution is 0.334. The highest BCUT2D eigenvalue weighted by molar-refractivity contribution is 7.60. The Bertz CT molecular complexity index is 179. The maximum absolute atomic E-state index is 11.4. The molecule has 0 saturated carbocycles. The van der Waals surface area contributed by atoms with Gasteiger partial charge in [0.15, 0.2) is 5.85 Å². The molecule has 2 fully saturated rings. The van der Waals surface area contributed by atoms with E-state index in [9.17, 15) is 4.57 Å². The summed E-state index contributed by atoms with van der Waals surface area (Å²) in [6.07, 6.45) is 1.92. The molecule has 0 spiro atoms. The number of hydrogen-bond donors (Lipinski definition) is 0. The number of rotatable bonds is 1. The number of fused-ring (bicyclic) bond motifs is 1. The van der Waals surface area contributed by atoms with Gasteiger partial charge in [-0.15, -0.1) is 0 Å². The maximum atomic E-state index is 11.4. The minimum atomic E-state index is -2.29. The summed E-state index contributed by atoms with van der Waals surface area (Å²) in [6.45, 7) is 0. The third kappa shape index (κ3) is 0.689. The first-order chi connectivity index (χ1) is 4.26. The molecular formula is C5H9O3P. The highest BCUT2D eigenvalue weighted by Crippen LogP contribution is 2.66. The van der Waals surface area contributed by atoms with Crippen LogP contribution in [0.15, 0.2) is 0 Å². The Hall–Kier alpha value is 0.150. The fourth-order valence-electron chi connectivity index (χ4n) is 1.32. The topological polar surface area (TPSA) is 38.8 Å². The Labute approximate surface area is 53.8 Å². The van der Waals surface area contributed by atoms with E-state index in [2.05, 4.69) is 0 Å².